The van der Waals surface area contributed by atoms with Crippen molar-refractivity contribution in [2.24, 2.45) is 0 Å². The fraction of sp³-hybridized carbons (Fsp3) is 0.333. The van der Waals surface area contributed by atoms with E-state index in [9.17, 15) is 9.59 Å². The lowest BCUT2D eigenvalue weighted by atomic mass is 10.2. The van der Waals surface area contributed by atoms with Crippen molar-refractivity contribution in [3.63, 3.8) is 0 Å². The van der Waals surface area contributed by atoms with Crippen LogP contribution in [0, 0.1) is 0 Å². The van der Waals surface area contributed by atoms with Crippen molar-refractivity contribution in [2.75, 3.05) is 6.54 Å². The maximum absolute atomic E-state index is 11.5. The summed E-state index contributed by atoms with van der Waals surface area (Å²) in [6.07, 6.45) is 1.92. The van der Waals surface area contributed by atoms with E-state index in [1.165, 1.54) is 12.2 Å². The molecular formula is C15H20N2O3. The largest absolute Gasteiger partial charge is 0.442 e. The zero-order valence-electron chi connectivity index (χ0n) is 11.8. The topological polar surface area (TPSA) is 67.4 Å². The molecule has 1 aromatic carbocycles. The Labute approximate surface area is 119 Å². The molecule has 0 spiro atoms. The second kappa shape index (κ2) is 8.74. The van der Waals surface area contributed by atoms with E-state index in [0.717, 1.165) is 5.56 Å². The van der Waals surface area contributed by atoms with Gasteiger partial charge in [0.1, 0.15) is 6.10 Å². The summed E-state index contributed by atoms with van der Waals surface area (Å²) in [5.41, 5.74) is 0.995. The normalized spacial score (nSPS) is 11.9. The standard InChI is InChI=1S/C15H20N2O3/c1-3-16-14(18)10-9-12(2)20-15(19)17-11-13-7-5-4-6-8-13/h4-10,12H,3,11H2,1-2H3,(H,16,18)(H,17,19)/b10-9+/t12-/m0/s1. The number of nitrogens with one attached hydrogen (secondary N) is 2. The van der Waals surface area contributed by atoms with Gasteiger partial charge in [0.05, 0.1) is 0 Å². The van der Waals surface area contributed by atoms with Gasteiger partial charge in [-0.2, -0.15) is 0 Å². The molecule has 0 saturated heterocycles. The highest BCUT2D eigenvalue weighted by Gasteiger charge is 2.06. The molecule has 0 fully saturated rings. The molecule has 0 unspecified atom stereocenters. The second-order valence-electron chi connectivity index (χ2n) is 4.20. The maximum atomic E-state index is 11.5. The van der Waals surface area contributed by atoms with Gasteiger partial charge in [-0.25, -0.2) is 4.79 Å². The Bertz CT molecular complexity index is 457. The van der Waals surface area contributed by atoms with E-state index in [1.807, 2.05) is 37.3 Å². The van der Waals surface area contributed by atoms with Crippen molar-refractivity contribution < 1.29 is 14.3 Å². The van der Waals surface area contributed by atoms with Crippen molar-refractivity contribution in [3.8, 4) is 0 Å². The van der Waals surface area contributed by atoms with Crippen LogP contribution in [0.1, 0.15) is 19.4 Å². The number of alkyl carbamates (subject to hydrolysis) is 1. The van der Waals surface area contributed by atoms with E-state index in [4.69, 9.17) is 4.74 Å². The van der Waals surface area contributed by atoms with Gasteiger partial charge in [-0.1, -0.05) is 30.3 Å². The smallest absolute Gasteiger partial charge is 0.407 e. The SMILES string of the molecule is CCNC(=O)/C=C/[C@H](C)OC(=O)NCc1ccccc1. The molecule has 1 aromatic rings. The van der Waals surface area contributed by atoms with Gasteiger partial charge in [0.15, 0.2) is 0 Å². The number of hydrogen-bond donors (Lipinski definition) is 2. The molecule has 20 heavy (non-hydrogen) atoms. The molecule has 2 amide bonds. The zero-order chi connectivity index (χ0) is 14.8. The van der Waals surface area contributed by atoms with Gasteiger partial charge in [-0.15, -0.1) is 0 Å². The number of likely N-dealkylation sites (N-methyl/N-ethyl adjacent to an activating group) is 1. The molecule has 0 bridgehead atoms. The van der Waals surface area contributed by atoms with Crippen LogP contribution in [0.4, 0.5) is 4.79 Å². The third-order valence-corrected chi connectivity index (χ3v) is 2.44. The summed E-state index contributed by atoms with van der Waals surface area (Å²) in [5.74, 6) is -0.201. The van der Waals surface area contributed by atoms with Gasteiger partial charge < -0.3 is 15.4 Å². The highest BCUT2D eigenvalue weighted by Crippen LogP contribution is 1.99. The van der Waals surface area contributed by atoms with Crippen molar-refractivity contribution in [2.45, 2.75) is 26.5 Å². The van der Waals surface area contributed by atoms with Crippen LogP contribution in [-0.2, 0) is 16.1 Å². The fourth-order valence-corrected chi connectivity index (χ4v) is 1.48. The van der Waals surface area contributed by atoms with Gasteiger partial charge in [0.25, 0.3) is 0 Å². The van der Waals surface area contributed by atoms with Crippen LogP contribution in [0.25, 0.3) is 0 Å². The molecule has 5 nitrogen and oxygen atoms in total. The zero-order valence-corrected chi connectivity index (χ0v) is 11.8. The lowest BCUT2D eigenvalue weighted by Gasteiger charge is -2.10. The van der Waals surface area contributed by atoms with Crippen molar-refractivity contribution in [1.29, 1.82) is 0 Å². The summed E-state index contributed by atoms with van der Waals surface area (Å²) in [6, 6.07) is 9.55. The molecule has 108 valence electrons. The maximum Gasteiger partial charge on any atom is 0.407 e. The fourth-order valence-electron chi connectivity index (χ4n) is 1.48. The average molecular weight is 276 g/mol. The highest BCUT2D eigenvalue weighted by atomic mass is 16.6. The van der Waals surface area contributed by atoms with E-state index in [2.05, 4.69) is 10.6 Å². The number of carbonyl (C=O) groups is 2. The Morgan fingerprint density at radius 1 is 1.25 bits per heavy atom. The molecule has 2 N–H and O–H groups in total. The summed E-state index contributed by atoms with van der Waals surface area (Å²) in [6.45, 7) is 4.50. The number of ether oxygens (including phenoxy) is 1. The Morgan fingerprint density at radius 2 is 1.95 bits per heavy atom. The summed E-state index contributed by atoms with van der Waals surface area (Å²) in [5, 5.41) is 5.27. The van der Waals surface area contributed by atoms with Crippen LogP contribution >= 0.6 is 0 Å². The summed E-state index contributed by atoms with van der Waals surface area (Å²) in [7, 11) is 0. The third-order valence-electron chi connectivity index (χ3n) is 2.44. The van der Waals surface area contributed by atoms with E-state index in [1.54, 1.807) is 6.92 Å². The van der Waals surface area contributed by atoms with Crippen LogP contribution in [0.5, 0.6) is 0 Å². The summed E-state index contributed by atoms with van der Waals surface area (Å²) < 4.78 is 5.08. The third kappa shape index (κ3) is 6.58. The molecule has 1 rings (SSSR count). The molecule has 0 aliphatic rings. The Balaban J connectivity index is 2.29. The predicted octanol–water partition coefficient (Wildman–Crippen LogP) is 1.99. The summed E-state index contributed by atoms with van der Waals surface area (Å²) >= 11 is 0. The van der Waals surface area contributed by atoms with E-state index in [0.29, 0.717) is 13.1 Å². The molecule has 0 saturated carbocycles. The first-order valence-electron chi connectivity index (χ1n) is 6.56. The number of hydrogen-bond acceptors (Lipinski definition) is 3. The number of rotatable bonds is 6. The lowest BCUT2D eigenvalue weighted by molar-refractivity contribution is -0.116. The van der Waals surface area contributed by atoms with Gasteiger partial charge in [0.2, 0.25) is 5.91 Å². The predicted molar refractivity (Wildman–Crippen MR) is 77.0 cm³/mol. The molecule has 0 heterocycles. The van der Waals surface area contributed by atoms with Gasteiger partial charge in [0, 0.05) is 19.2 Å². The monoisotopic (exact) mass is 276 g/mol. The van der Waals surface area contributed by atoms with Crippen LogP contribution in [0.3, 0.4) is 0 Å². The van der Waals surface area contributed by atoms with Gasteiger partial charge >= 0.3 is 6.09 Å². The number of carbonyl (C=O) groups excluding carboxylic acids is 2. The Kier molecular flexibility index (Phi) is 6.89. The first-order valence-corrected chi connectivity index (χ1v) is 6.56. The number of amides is 2. The molecule has 0 aliphatic carbocycles. The number of benzene rings is 1. The van der Waals surface area contributed by atoms with Crippen molar-refractivity contribution >= 4 is 12.0 Å². The molecule has 0 radical (unpaired) electrons. The first kappa shape index (κ1) is 15.8. The van der Waals surface area contributed by atoms with Crippen LogP contribution < -0.4 is 10.6 Å². The van der Waals surface area contributed by atoms with E-state index < -0.39 is 12.2 Å². The first-order chi connectivity index (χ1) is 9.61. The molecular weight excluding hydrogens is 256 g/mol. The summed E-state index contributed by atoms with van der Waals surface area (Å²) in [4.78, 5) is 22.7. The van der Waals surface area contributed by atoms with Crippen molar-refractivity contribution in [3.05, 3.63) is 48.0 Å². The lowest BCUT2D eigenvalue weighted by Crippen LogP contribution is -2.27. The minimum Gasteiger partial charge on any atom is -0.442 e. The molecule has 1 atom stereocenters. The minimum atomic E-state index is -0.512. The minimum absolute atomic E-state index is 0.201. The average Bonchev–Trinajstić information content (AvgIpc) is 2.44. The van der Waals surface area contributed by atoms with Crippen LogP contribution in [0.15, 0.2) is 42.5 Å². The van der Waals surface area contributed by atoms with Crippen LogP contribution in [-0.4, -0.2) is 24.6 Å². The van der Waals surface area contributed by atoms with Gasteiger partial charge in [-0.05, 0) is 25.5 Å². The van der Waals surface area contributed by atoms with E-state index in [-0.39, 0.29) is 5.91 Å². The Hall–Kier alpha value is -2.30. The van der Waals surface area contributed by atoms with Crippen molar-refractivity contribution in [1.82, 2.24) is 10.6 Å². The molecule has 0 aromatic heterocycles. The molecule has 5 heteroatoms. The Morgan fingerprint density at radius 3 is 2.60 bits per heavy atom. The molecule has 0 aliphatic heterocycles. The van der Waals surface area contributed by atoms with Gasteiger partial charge in [-0.3, -0.25) is 4.79 Å². The van der Waals surface area contributed by atoms with Crippen LogP contribution in [0.2, 0.25) is 0 Å². The second-order valence-corrected chi connectivity index (χ2v) is 4.20. The highest BCUT2D eigenvalue weighted by molar-refractivity contribution is 5.87. The quantitative estimate of drug-likeness (QED) is 0.781. The van der Waals surface area contributed by atoms with E-state index >= 15 is 0 Å².